The molecule has 1 aliphatic heterocycles. The number of nitrogens with zero attached hydrogens (tertiary/aromatic N) is 1. The van der Waals surface area contributed by atoms with Crippen molar-refractivity contribution in [3.8, 4) is 0 Å². The number of rotatable bonds is 4. The Balaban J connectivity index is 1.77. The Morgan fingerprint density at radius 2 is 2.30 bits per heavy atom. The third kappa shape index (κ3) is 4.49. The fourth-order valence-corrected chi connectivity index (χ4v) is 3.46. The van der Waals surface area contributed by atoms with E-state index in [4.69, 9.17) is 4.74 Å². The van der Waals surface area contributed by atoms with Gasteiger partial charge in [-0.25, -0.2) is 4.79 Å². The molecule has 2 rings (SSSR count). The first-order valence-corrected chi connectivity index (χ1v) is 8.07. The molecule has 0 aromatic carbocycles. The molecule has 0 spiro atoms. The van der Waals surface area contributed by atoms with Crippen molar-refractivity contribution in [2.75, 3.05) is 26.8 Å². The van der Waals surface area contributed by atoms with Gasteiger partial charge in [-0.2, -0.15) is 0 Å². The summed E-state index contributed by atoms with van der Waals surface area (Å²) in [6.07, 6.45) is 3.26. The number of carbonyl (C=O) groups is 1. The topological polar surface area (TPSA) is 41.6 Å². The molecule has 0 aliphatic carbocycles. The van der Waals surface area contributed by atoms with Crippen LogP contribution in [0.15, 0.2) is 12.1 Å². The van der Waals surface area contributed by atoms with Gasteiger partial charge in [-0.1, -0.05) is 0 Å². The van der Waals surface area contributed by atoms with Crippen LogP contribution in [0.3, 0.4) is 0 Å². The van der Waals surface area contributed by atoms with Gasteiger partial charge in [0.25, 0.3) is 0 Å². The summed E-state index contributed by atoms with van der Waals surface area (Å²) < 4.78 is 5.22. The van der Waals surface area contributed by atoms with Crippen LogP contribution in [0.2, 0.25) is 0 Å². The SMILES string of the molecule is COC[C@H]1CCCN(C(=O)NCc2ccc(C)s2)CC1. The van der Waals surface area contributed by atoms with Crippen LogP contribution < -0.4 is 5.32 Å². The van der Waals surface area contributed by atoms with Crippen LogP contribution in [0.1, 0.15) is 29.0 Å². The molecular formula is C15H24N2O2S. The lowest BCUT2D eigenvalue weighted by molar-refractivity contribution is 0.144. The van der Waals surface area contributed by atoms with Gasteiger partial charge < -0.3 is 15.0 Å². The molecule has 1 aliphatic rings. The predicted octanol–water partition coefficient (Wildman–Crippen LogP) is 3.01. The third-order valence-corrected chi connectivity index (χ3v) is 4.75. The minimum Gasteiger partial charge on any atom is -0.384 e. The van der Waals surface area contributed by atoms with Gasteiger partial charge in [0, 0.05) is 36.6 Å². The Kier molecular flexibility index (Phi) is 5.86. The molecule has 0 radical (unpaired) electrons. The summed E-state index contributed by atoms with van der Waals surface area (Å²) in [5.41, 5.74) is 0. The minimum atomic E-state index is 0.0640. The Bertz CT molecular complexity index is 433. The van der Waals surface area contributed by atoms with Crippen molar-refractivity contribution >= 4 is 17.4 Å². The van der Waals surface area contributed by atoms with E-state index in [9.17, 15) is 4.79 Å². The molecule has 0 unspecified atom stereocenters. The van der Waals surface area contributed by atoms with Gasteiger partial charge in [0.2, 0.25) is 0 Å². The van der Waals surface area contributed by atoms with Gasteiger partial charge in [-0.05, 0) is 44.2 Å². The maximum absolute atomic E-state index is 12.2. The molecule has 1 aromatic heterocycles. The van der Waals surface area contributed by atoms with E-state index < -0.39 is 0 Å². The molecular weight excluding hydrogens is 272 g/mol. The maximum atomic E-state index is 12.2. The summed E-state index contributed by atoms with van der Waals surface area (Å²) in [6.45, 7) is 5.22. The summed E-state index contributed by atoms with van der Waals surface area (Å²) in [5.74, 6) is 0.595. The number of hydrogen-bond donors (Lipinski definition) is 1. The first-order valence-electron chi connectivity index (χ1n) is 7.26. The molecule has 1 N–H and O–H groups in total. The highest BCUT2D eigenvalue weighted by Crippen LogP contribution is 2.18. The van der Waals surface area contributed by atoms with Gasteiger partial charge in [0.1, 0.15) is 0 Å². The highest BCUT2D eigenvalue weighted by molar-refractivity contribution is 7.11. The Morgan fingerprint density at radius 3 is 3.00 bits per heavy atom. The number of ether oxygens (including phenoxy) is 1. The monoisotopic (exact) mass is 296 g/mol. The number of thiophene rings is 1. The molecule has 1 fully saturated rings. The summed E-state index contributed by atoms with van der Waals surface area (Å²) >= 11 is 1.74. The van der Waals surface area contributed by atoms with Crippen molar-refractivity contribution in [3.63, 3.8) is 0 Å². The lowest BCUT2D eigenvalue weighted by Crippen LogP contribution is -2.40. The fraction of sp³-hybridized carbons (Fsp3) is 0.667. The fourth-order valence-electron chi connectivity index (χ4n) is 2.63. The number of urea groups is 1. The number of likely N-dealkylation sites (tertiary alicyclic amines) is 1. The van der Waals surface area contributed by atoms with E-state index in [-0.39, 0.29) is 6.03 Å². The van der Waals surface area contributed by atoms with Crippen molar-refractivity contribution in [2.45, 2.75) is 32.7 Å². The molecule has 1 saturated heterocycles. The van der Waals surface area contributed by atoms with Crippen LogP contribution in [0, 0.1) is 12.8 Å². The standard InChI is InChI=1S/C15H24N2O2S/c1-12-5-6-14(20-12)10-16-15(18)17-8-3-4-13(7-9-17)11-19-2/h5-6,13H,3-4,7-11H2,1-2H3,(H,16,18)/t13-/m0/s1. The second-order valence-electron chi connectivity index (χ2n) is 5.41. The number of amides is 2. The van der Waals surface area contributed by atoms with Crippen molar-refractivity contribution in [1.29, 1.82) is 0 Å². The zero-order valence-electron chi connectivity index (χ0n) is 12.4. The number of aryl methyl sites for hydroxylation is 1. The minimum absolute atomic E-state index is 0.0640. The van der Waals surface area contributed by atoms with Crippen LogP contribution in [-0.4, -0.2) is 37.7 Å². The van der Waals surface area contributed by atoms with E-state index in [1.54, 1.807) is 18.4 Å². The van der Waals surface area contributed by atoms with Crippen LogP contribution in [-0.2, 0) is 11.3 Å². The van der Waals surface area contributed by atoms with E-state index in [1.807, 2.05) is 4.90 Å². The third-order valence-electron chi connectivity index (χ3n) is 3.75. The molecule has 2 amide bonds. The molecule has 5 heteroatoms. The van der Waals surface area contributed by atoms with E-state index >= 15 is 0 Å². The largest absolute Gasteiger partial charge is 0.384 e. The zero-order valence-corrected chi connectivity index (χ0v) is 13.2. The zero-order chi connectivity index (χ0) is 14.4. The van der Waals surface area contributed by atoms with Crippen LogP contribution in [0.25, 0.3) is 0 Å². The summed E-state index contributed by atoms with van der Waals surface area (Å²) in [7, 11) is 1.75. The van der Waals surface area contributed by atoms with Gasteiger partial charge in [-0.3, -0.25) is 0 Å². The van der Waals surface area contributed by atoms with Crippen molar-refractivity contribution in [3.05, 3.63) is 21.9 Å². The van der Waals surface area contributed by atoms with E-state index in [2.05, 4.69) is 24.4 Å². The van der Waals surface area contributed by atoms with Crippen LogP contribution in [0.5, 0.6) is 0 Å². The maximum Gasteiger partial charge on any atom is 0.317 e. The summed E-state index contributed by atoms with van der Waals surface area (Å²) in [6, 6.07) is 4.24. The lowest BCUT2D eigenvalue weighted by Gasteiger charge is -2.21. The second-order valence-corrected chi connectivity index (χ2v) is 6.78. The molecule has 1 aromatic rings. The van der Waals surface area contributed by atoms with Gasteiger partial charge in [0.05, 0.1) is 6.54 Å². The number of carbonyl (C=O) groups excluding carboxylic acids is 1. The molecule has 0 bridgehead atoms. The molecule has 1 atom stereocenters. The summed E-state index contributed by atoms with van der Waals surface area (Å²) in [5, 5.41) is 3.02. The highest BCUT2D eigenvalue weighted by Gasteiger charge is 2.20. The Morgan fingerprint density at radius 1 is 1.45 bits per heavy atom. The van der Waals surface area contributed by atoms with Crippen LogP contribution >= 0.6 is 11.3 Å². The summed E-state index contributed by atoms with van der Waals surface area (Å²) in [4.78, 5) is 16.6. The second kappa shape index (κ2) is 7.64. The smallest absolute Gasteiger partial charge is 0.317 e. The van der Waals surface area contributed by atoms with Crippen molar-refractivity contribution < 1.29 is 9.53 Å². The van der Waals surface area contributed by atoms with Gasteiger partial charge >= 0.3 is 6.03 Å². The Hall–Kier alpha value is -1.07. The van der Waals surface area contributed by atoms with Gasteiger partial charge in [-0.15, -0.1) is 11.3 Å². The number of methoxy groups -OCH3 is 1. The molecule has 20 heavy (non-hydrogen) atoms. The quantitative estimate of drug-likeness (QED) is 0.928. The van der Waals surface area contributed by atoms with E-state index in [1.165, 1.54) is 9.75 Å². The average Bonchev–Trinajstić information content (AvgIpc) is 2.71. The molecule has 2 heterocycles. The van der Waals surface area contributed by atoms with Crippen molar-refractivity contribution in [2.24, 2.45) is 5.92 Å². The molecule has 0 saturated carbocycles. The predicted molar refractivity (Wildman–Crippen MR) is 82.1 cm³/mol. The number of nitrogens with one attached hydrogen (secondary N) is 1. The Labute approximate surface area is 125 Å². The lowest BCUT2D eigenvalue weighted by atomic mass is 10.0. The van der Waals surface area contributed by atoms with E-state index in [0.29, 0.717) is 12.5 Å². The number of hydrogen-bond acceptors (Lipinski definition) is 3. The average molecular weight is 296 g/mol. The first-order chi connectivity index (χ1) is 9.69. The van der Waals surface area contributed by atoms with E-state index in [0.717, 1.165) is 39.0 Å². The normalized spacial score (nSPS) is 19.7. The van der Waals surface area contributed by atoms with Crippen LogP contribution in [0.4, 0.5) is 4.79 Å². The van der Waals surface area contributed by atoms with Gasteiger partial charge in [0.15, 0.2) is 0 Å². The highest BCUT2D eigenvalue weighted by atomic mass is 32.1. The molecule has 4 nitrogen and oxygen atoms in total. The first kappa shape index (κ1) is 15.3. The van der Waals surface area contributed by atoms with Crippen molar-refractivity contribution in [1.82, 2.24) is 10.2 Å². The molecule has 112 valence electrons.